The van der Waals surface area contributed by atoms with Crippen molar-refractivity contribution in [3.05, 3.63) is 59.7 Å². The molecule has 0 atom stereocenters. The molecular formula is C22H27BN2. The second-order valence-electron chi connectivity index (χ2n) is 8.49. The lowest BCUT2D eigenvalue weighted by atomic mass is 9.53. The first-order valence-electron chi connectivity index (χ1n) is 9.17. The lowest BCUT2D eigenvalue weighted by Crippen LogP contribution is -2.35. The summed E-state index contributed by atoms with van der Waals surface area (Å²) in [7, 11) is 4.49. The van der Waals surface area contributed by atoms with E-state index in [2.05, 4.69) is 64.0 Å². The van der Waals surface area contributed by atoms with Gasteiger partial charge in [-0.25, -0.2) is 0 Å². The van der Waals surface area contributed by atoms with E-state index in [0.29, 0.717) is 16.3 Å². The summed E-state index contributed by atoms with van der Waals surface area (Å²) in [5.74, 6) is 0. The van der Waals surface area contributed by atoms with Crippen LogP contribution in [0.25, 0.3) is 0 Å². The molecule has 1 fully saturated rings. The van der Waals surface area contributed by atoms with Crippen molar-refractivity contribution in [2.24, 2.45) is 5.41 Å². The van der Waals surface area contributed by atoms with E-state index in [1.807, 2.05) is 24.3 Å². The van der Waals surface area contributed by atoms with Gasteiger partial charge < -0.3 is 4.90 Å². The highest BCUT2D eigenvalue weighted by Gasteiger charge is 2.35. The minimum absolute atomic E-state index is 0.307. The Bertz CT molecular complexity index is 759. The summed E-state index contributed by atoms with van der Waals surface area (Å²) >= 11 is 0. The molecule has 1 saturated carbocycles. The summed E-state index contributed by atoms with van der Waals surface area (Å²) in [5, 5.41) is 9.24. The topological polar surface area (TPSA) is 27.0 Å². The standard InChI is InChI=1S/C22H27BN2/c1-21(2)12-14-22(23,15-13-21)18-6-10-20(11-7-18)25(3)19-8-4-17(16-24)5-9-19/h4-11H,12-15,23H2,1-3H3. The van der Waals surface area contributed by atoms with Crippen molar-refractivity contribution in [3.8, 4) is 6.07 Å². The summed E-state index contributed by atoms with van der Waals surface area (Å²) in [6, 6.07) is 18.9. The maximum absolute atomic E-state index is 8.93. The van der Waals surface area contributed by atoms with Crippen LogP contribution in [0, 0.1) is 16.7 Å². The van der Waals surface area contributed by atoms with Crippen molar-refractivity contribution < 1.29 is 0 Å². The van der Waals surface area contributed by atoms with Crippen molar-refractivity contribution in [2.75, 3.05) is 11.9 Å². The third-order valence-electron chi connectivity index (χ3n) is 6.04. The van der Waals surface area contributed by atoms with Crippen LogP contribution in [0.15, 0.2) is 48.5 Å². The van der Waals surface area contributed by atoms with Gasteiger partial charge in [0.05, 0.1) is 11.6 Å². The number of nitriles is 1. The number of hydrogen-bond acceptors (Lipinski definition) is 2. The van der Waals surface area contributed by atoms with E-state index < -0.39 is 0 Å². The van der Waals surface area contributed by atoms with Crippen LogP contribution in [0.2, 0.25) is 0 Å². The van der Waals surface area contributed by atoms with Gasteiger partial charge >= 0.3 is 0 Å². The van der Waals surface area contributed by atoms with Crippen LogP contribution >= 0.6 is 0 Å². The van der Waals surface area contributed by atoms with Gasteiger partial charge in [-0.15, -0.1) is 0 Å². The molecule has 1 aliphatic rings. The number of hydrogen-bond donors (Lipinski definition) is 0. The molecule has 3 heteroatoms. The van der Waals surface area contributed by atoms with Gasteiger partial charge in [0.15, 0.2) is 0 Å². The van der Waals surface area contributed by atoms with E-state index in [1.54, 1.807) is 0 Å². The molecule has 128 valence electrons. The van der Waals surface area contributed by atoms with Gasteiger partial charge in [0.2, 0.25) is 0 Å². The third-order valence-corrected chi connectivity index (χ3v) is 6.04. The van der Waals surface area contributed by atoms with E-state index in [9.17, 15) is 0 Å². The number of rotatable bonds is 3. The number of nitrogens with zero attached hydrogens (tertiary/aromatic N) is 2. The lowest BCUT2D eigenvalue weighted by Gasteiger charge is -2.42. The Balaban J connectivity index is 1.76. The SMILES string of the molecule is BC1(c2ccc(N(C)c3ccc(C#N)cc3)cc2)CCC(C)(C)CC1. The van der Waals surface area contributed by atoms with Crippen LogP contribution in [0.3, 0.4) is 0 Å². The summed E-state index contributed by atoms with van der Waals surface area (Å²) in [5.41, 5.74) is 4.92. The van der Waals surface area contributed by atoms with Crippen molar-refractivity contribution >= 4 is 19.2 Å². The molecule has 0 saturated heterocycles. The second-order valence-corrected chi connectivity index (χ2v) is 8.49. The van der Waals surface area contributed by atoms with Crippen molar-refractivity contribution in [3.63, 3.8) is 0 Å². The molecule has 0 heterocycles. The molecular weight excluding hydrogens is 303 g/mol. The monoisotopic (exact) mass is 330 g/mol. The molecule has 0 aromatic heterocycles. The average molecular weight is 330 g/mol. The Morgan fingerprint density at radius 1 is 0.880 bits per heavy atom. The fourth-order valence-electron chi connectivity index (χ4n) is 3.76. The molecule has 0 bridgehead atoms. The predicted octanol–water partition coefficient (Wildman–Crippen LogP) is 4.75. The molecule has 0 spiro atoms. The first kappa shape index (κ1) is 17.6. The van der Waals surface area contributed by atoms with E-state index in [1.165, 1.54) is 36.9 Å². The van der Waals surface area contributed by atoms with Crippen LogP contribution in [0.1, 0.15) is 50.7 Å². The minimum Gasteiger partial charge on any atom is -0.345 e. The van der Waals surface area contributed by atoms with Gasteiger partial charge in [0, 0.05) is 18.4 Å². The highest BCUT2D eigenvalue weighted by molar-refractivity contribution is 6.16. The molecule has 2 nitrogen and oxygen atoms in total. The Hall–Kier alpha value is -2.21. The molecule has 0 amide bonds. The molecule has 25 heavy (non-hydrogen) atoms. The van der Waals surface area contributed by atoms with Crippen LogP contribution in [-0.2, 0) is 5.31 Å². The lowest BCUT2D eigenvalue weighted by molar-refractivity contribution is 0.206. The Morgan fingerprint density at radius 3 is 1.84 bits per heavy atom. The largest absolute Gasteiger partial charge is 0.345 e. The van der Waals surface area contributed by atoms with E-state index in [4.69, 9.17) is 5.26 Å². The minimum atomic E-state index is 0.307. The molecule has 0 unspecified atom stereocenters. The Kier molecular flexibility index (Phi) is 4.65. The summed E-state index contributed by atoms with van der Waals surface area (Å²) in [6.45, 7) is 4.78. The average Bonchev–Trinajstić information content (AvgIpc) is 2.64. The normalized spacial score (nSPS) is 18.3. The van der Waals surface area contributed by atoms with Gasteiger partial charge in [-0.05, 0) is 65.5 Å². The second kappa shape index (κ2) is 6.60. The van der Waals surface area contributed by atoms with Crippen molar-refractivity contribution in [1.29, 1.82) is 5.26 Å². The Morgan fingerprint density at radius 2 is 1.36 bits per heavy atom. The van der Waals surface area contributed by atoms with Gasteiger partial charge in [-0.3, -0.25) is 0 Å². The zero-order chi connectivity index (χ0) is 18.1. The molecule has 0 aliphatic heterocycles. The molecule has 1 aliphatic carbocycles. The predicted molar refractivity (Wildman–Crippen MR) is 108 cm³/mol. The van der Waals surface area contributed by atoms with Crippen LogP contribution in [0.4, 0.5) is 11.4 Å². The first-order chi connectivity index (χ1) is 11.8. The summed E-state index contributed by atoms with van der Waals surface area (Å²) in [6.07, 6.45) is 5.14. The molecule has 0 N–H and O–H groups in total. The maximum atomic E-state index is 8.93. The fraction of sp³-hybridized carbons (Fsp3) is 0.409. The van der Waals surface area contributed by atoms with Crippen LogP contribution in [0.5, 0.6) is 0 Å². The smallest absolute Gasteiger partial charge is 0.115 e. The van der Waals surface area contributed by atoms with Gasteiger partial charge in [0.1, 0.15) is 7.85 Å². The highest BCUT2D eigenvalue weighted by atomic mass is 15.1. The molecule has 0 radical (unpaired) electrons. The number of anilines is 2. The molecule has 2 aromatic rings. The third kappa shape index (κ3) is 3.74. The first-order valence-corrected chi connectivity index (χ1v) is 9.17. The molecule has 2 aromatic carbocycles. The van der Waals surface area contributed by atoms with E-state index >= 15 is 0 Å². The van der Waals surface area contributed by atoms with Crippen LogP contribution in [-0.4, -0.2) is 14.9 Å². The van der Waals surface area contributed by atoms with E-state index in [-0.39, 0.29) is 0 Å². The Labute approximate surface area is 152 Å². The fourth-order valence-corrected chi connectivity index (χ4v) is 3.76. The van der Waals surface area contributed by atoms with Gasteiger partial charge in [-0.2, -0.15) is 5.26 Å². The van der Waals surface area contributed by atoms with Crippen LogP contribution < -0.4 is 4.90 Å². The summed E-state index contributed by atoms with van der Waals surface area (Å²) in [4.78, 5) is 2.16. The zero-order valence-electron chi connectivity index (χ0n) is 15.8. The summed E-state index contributed by atoms with van der Waals surface area (Å²) < 4.78 is 0. The highest BCUT2D eigenvalue weighted by Crippen LogP contribution is 2.45. The quantitative estimate of drug-likeness (QED) is 0.759. The zero-order valence-corrected chi connectivity index (χ0v) is 15.8. The molecule has 3 rings (SSSR count). The maximum Gasteiger partial charge on any atom is 0.115 e. The number of benzene rings is 2. The van der Waals surface area contributed by atoms with E-state index in [0.717, 1.165) is 5.69 Å². The van der Waals surface area contributed by atoms with Crippen molar-refractivity contribution in [1.82, 2.24) is 0 Å². The van der Waals surface area contributed by atoms with Crippen molar-refractivity contribution in [2.45, 2.75) is 44.8 Å². The van der Waals surface area contributed by atoms with Gasteiger partial charge in [0.25, 0.3) is 0 Å². The van der Waals surface area contributed by atoms with Gasteiger partial charge in [-0.1, -0.05) is 38.8 Å².